The van der Waals surface area contributed by atoms with E-state index in [2.05, 4.69) is 10.3 Å². The van der Waals surface area contributed by atoms with E-state index in [1.165, 1.54) is 0 Å². The zero-order valence-electron chi connectivity index (χ0n) is 9.06. The zero-order valence-corrected chi connectivity index (χ0v) is 9.06. The summed E-state index contributed by atoms with van der Waals surface area (Å²) in [4.78, 5) is 0. The number of rotatable bonds is 4. The molecule has 14 heavy (non-hydrogen) atoms. The molecule has 0 radical (unpaired) electrons. The Kier molecular flexibility index (Phi) is 3.23. The molecule has 0 aliphatic heterocycles. The van der Waals surface area contributed by atoms with Crippen LogP contribution in [0.5, 0.6) is 0 Å². The zero-order chi connectivity index (χ0) is 10.8. The molecule has 0 saturated heterocycles. The number of hydrogen-bond acceptors (Lipinski definition) is 4. The SMILES string of the molecule is COCC(C)n1cc(C(C)(C)O)nn1. The predicted molar refractivity (Wildman–Crippen MR) is 51.9 cm³/mol. The van der Waals surface area contributed by atoms with Gasteiger partial charge in [-0.2, -0.15) is 0 Å². The van der Waals surface area contributed by atoms with Gasteiger partial charge in [-0.05, 0) is 20.8 Å². The van der Waals surface area contributed by atoms with Gasteiger partial charge in [0.1, 0.15) is 11.3 Å². The lowest BCUT2D eigenvalue weighted by atomic mass is 10.1. The van der Waals surface area contributed by atoms with Gasteiger partial charge in [-0.15, -0.1) is 5.10 Å². The number of nitrogens with zero attached hydrogens (tertiary/aromatic N) is 3. The molecular weight excluding hydrogens is 182 g/mol. The molecule has 0 aliphatic carbocycles. The molecule has 0 aliphatic rings. The minimum atomic E-state index is -0.939. The van der Waals surface area contributed by atoms with Gasteiger partial charge in [-0.3, -0.25) is 0 Å². The molecule has 0 bridgehead atoms. The smallest absolute Gasteiger partial charge is 0.114 e. The third-order valence-corrected chi connectivity index (χ3v) is 2.00. The van der Waals surface area contributed by atoms with Gasteiger partial charge in [0.15, 0.2) is 0 Å². The van der Waals surface area contributed by atoms with Gasteiger partial charge in [0.05, 0.1) is 18.8 Å². The lowest BCUT2D eigenvalue weighted by Gasteiger charge is -2.12. The maximum Gasteiger partial charge on any atom is 0.114 e. The Labute approximate surface area is 83.7 Å². The van der Waals surface area contributed by atoms with Crippen LogP contribution in [0.4, 0.5) is 0 Å². The largest absolute Gasteiger partial charge is 0.384 e. The first-order valence-corrected chi connectivity index (χ1v) is 4.58. The van der Waals surface area contributed by atoms with Crippen LogP contribution >= 0.6 is 0 Å². The van der Waals surface area contributed by atoms with Gasteiger partial charge < -0.3 is 9.84 Å². The van der Waals surface area contributed by atoms with Crippen molar-refractivity contribution in [2.45, 2.75) is 32.4 Å². The molecule has 1 atom stereocenters. The van der Waals surface area contributed by atoms with Crippen LogP contribution in [-0.2, 0) is 10.3 Å². The second-order valence-corrected chi connectivity index (χ2v) is 3.95. The van der Waals surface area contributed by atoms with Crippen LogP contribution in [0.15, 0.2) is 6.20 Å². The summed E-state index contributed by atoms with van der Waals surface area (Å²) in [6.07, 6.45) is 1.74. The van der Waals surface area contributed by atoms with Crippen LogP contribution in [0.3, 0.4) is 0 Å². The summed E-state index contributed by atoms with van der Waals surface area (Å²) in [5, 5.41) is 17.5. The molecule has 5 nitrogen and oxygen atoms in total. The second kappa shape index (κ2) is 4.06. The topological polar surface area (TPSA) is 60.2 Å². The van der Waals surface area contributed by atoms with Crippen molar-refractivity contribution in [1.82, 2.24) is 15.0 Å². The predicted octanol–water partition coefficient (Wildman–Crippen LogP) is 0.713. The molecule has 5 heteroatoms. The van der Waals surface area contributed by atoms with Crippen LogP contribution in [0.25, 0.3) is 0 Å². The molecule has 1 unspecified atom stereocenters. The summed E-state index contributed by atoms with van der Waals surface area (Å²) < 4.78 is 6.69. The second-order valence-electron chi connectivity index (χ2n) is 3.95. The number of methoxy groups -OCH3 is 1. The van der Waals surface area contributed by atoms with Gasteiger partial charge in [0, 0.05) is 7.11 Å². The molecule has 1 aromatic rings. The fourth-order valence-electron chi connectivity index (χ4n) is 1.09. The van der Waals surface area contributed by atoms with E-state index in [1.54, 1.807) is 31.8 Å². The van der Waals surface area contributed by atoms with Crippen LogP contribution < -0.4 is 0 Å². The number of aliphatic hydroxyl groups is 1. The van der Waals surface area contributed by atoms with Gasteiger partial charge >= 0.3 is 0 Å². The van der Waals surface area contributed by atoms with Crippen molar-refractivity contribution in [3.05, 3.63) is 11.9 Å². The maximum atomic E-state index is 9.67. The Morgan fingerprint density at radius 2 is 2.29 bits per heavy atom. The average molecular weight is 199 g/mol. The summed E-state index contributed by atoms with van der Waals surface area (Å²) in [6, 6.07) is 0.128. The standard InChI is InChI=1S/C9H17N3O2/c1-7(6-14-4)12-5-8(10-11-12)9(2,3)13/h5,7,13H,6H2,1-4H3. The quantitative estimate of drug-likeness (QED) is 0.776. The van der Waals surface area contributed by atoms with Crippen molar-refractivity contribution in [1.29, 1.82) is 0 Å². The fraction of sp³-hybridized carbons (Fsp3) is 0.778. The molecular formula is C9H17N3O2. The highest BCUT2D eigenvalue weighted by Gasteiger charge is 2.21. The van der Waals surface area contributed by atoms with Gasteiger partial charge in [-0.25, -0.2) is 4.68 Å². The Balaban J connectivity index is 2.78. The highest BCUT2D eigenvalue weighted by atomic mass is 16.5. The lowest BCUT2D eigenvalue weighted by molar-refractivity contribution is 0.0736. The van der Waals surface area contributed by atoms with Crippen molar-refractivity contribution in [2.24, 2.45) is 0 Å². The third kappa shape index (κ3) is 2.52. The van der Waals surface area contributed by atoms with Crippen LogP contribution in [0, 0.1) is 0 Å². The minimum absolute atomic E-state index is 0.128. The molecule has 0 spiro atoms. The summed E-state index contributed by atoms with van der Waals surface area (Å²) in [7, 11) is 1.64. The Morgan fingerprint density at radius 1 is 1.64 bits per heavy atom. The van der Waals surface area contributed by atoms with E-state index >= 15 is 0 Å². The van der Waals surface area contributed by atoms with Crippen molar-refractivity contribution < 1.29 is 9.84 Å². The van der Waals surface area contributed by atoms with E-state index < -0.39 is 5.60 Å². The first kappa shape index (κ1) is 11.1. The summed E-state index contributed by atoms with van der Waals surface area (Å²) in [6.45, 7) is 5.92. The van der Waals surface area contributed by atoms with E-state index in [0.717, 1.165) is 0 Å². The monoisotopic (exact) mass is 199 g/mol. The molecule has 0 amide bonds. The van der Waals surface area contributed by atoms with E-state index in [0.29, 0.717) is 12.3 Å². The molecule has 0 saturated carbocycles. The molecule has 1 heterocycles. The van der Waals surface area contributed by atoms with E-state index in [-0.39, 0.29) is 6.04 Å². The Morgan fingerprint density at radius 3 is 2.71 bits per heavy atom. The Bertz CT molecular complexity index is 290. The van der Waals surface area contributed by atoms with Gasteiger partial charge in [0.2, 0.25) is 0 Å². The molecule has 80 valence electrons. The van der Waals surface area contributed by atoms with E-state index in [1.807, 2.05) is 6.92 Å². The number of hydrogen-bond donors (Lipinski definition) is 1. The van der Waals surface area contributed by atoms with E-state index in [9.17, 15) is 5.11 Å². The van der Waals surface area contributed by atoms with Crippen molar-refractivity contribution >= 4 is 0 Å². The summed E-state index contributed by atoms with van der Waals surface area (Å²) in [5.74, 6) is 0. The Hall–Kier alpha value is -0.940. The minimum Gasteiger partial charge on any atom is -0.384 e. The van der Waals surface area contributed by atoms with Crippen LogP contribution in [-0.4, -0.2) is 33.8 Å². The summed E-state index contributed by atoms with van der Waals surface area (Å²) in [5.41, 5.74) is -0.370. The molecule has 1 rings (SSSR count). The molecule has 0 fully saturated rings. The van der Waals surface area contributed by atoms with Crippen molar-refractivity contribution in [3.8, 4) is 0 Å². The van der Waals surface area contributed by atoms with Crippen molar-refractivity contribution in [2.75, 3.05) is 13.7 Å². The highest BCUT2D eigenvalue weighted by molar-refractivity contribution is 5.03. The molecule has 1 N–H and O–H groups in total. The first-order chi connectivity index (χ1) is 6.45. The van der Waals surface area contributed by atoms with Crippen LogP contribution in [0.1, 0.15) is 32.5 Å². The highest BCUT2D eigenvalue weighted by Crippen LogP contribution is 2.17. The molecule has 1 aromatic heterocycles. The van der Waals surface area contributed by atoms with Crippen molar-refractivity contribution in [3.63, 3.8) is 0 Å². The number of aromatic nitrogens is 3. The molecule has 0 aromatic carbocycles. The van der Waals surface area contributed by atoms with Crippen LogP contribution in [0.2, 0.25) is 0 Å². The first-order valence-electron chi connectivity index (χ1n) is 4.58. The summed E-state index contributed by atoms with van der Waals surface area (Å²) >= 11 is 0. The normalized spacial score (nSPS) is 14.4. The number of ether oxygens (including phenoxy) is 1. The maximum absolute atomic E-state index is 9.67. The third-order valence-electron chi connectivity index (χ3n) is 2.00. The lowest BCUT2D eigenvalue weighted by Crippen LogP contribution is -2.16. The fourth-order valence-corrected chi connectivity index (χ4v) is 1.09. The van der Waals surface area contributed by atoms with Gasteiger partial charge in [0.25, 0.3) is 0 Å². The van der Waals surface area contributed by atoms with E-state index in [4.69, 9.17) is 4.74 Å². The average Bonchev–Trinajstić information content (AvgIpc) is 2.51. The van der Waals surface area contributed by atoms with Gasteiger partial charge in [-0.1, -0.05) is 5.21 Å².